The molecular weight excluding hydrogens is 262 g/mol. The lowest BCUT2D eigenvalue weighted by molar-refractivity contribution is 0.0661. The van der Waals surface area contributed by atoms with E-state index in [1.54, 1.807) is 24.3 Å². The average Bonchev–Trinajstić information content (AvgIpc) is 2.53. The molecule has 1 atom stereocenters. The first-order valence-electron chi connectivity index (χ1n) is 7.63. The molecule has 0 spiro atoms. The van der Waals surface area contributed by atoms with Gasteiger partial charge in [0.2, 0.25) is 0 Å². The molecule has 0 radical (unpaired) electrons. The van der Waals surface area contributed by atoms with Gasteiger partial charge in [-0.3, -0.25) is 4.79 Å². The van der Waals surface area contributed by atoms with Crippen molar-refractivity contribution in [2.45, 2.75) is 32.7 Å². The first-order valence-corrected chi connectivity index (χ1v) is 7.63. The van der Waals surface area contributed by atoms with E-state index >= 15 is 0 Å². The summed E-state index contributed by atoms with van der Waals surface area (Å²) >= 11 is 0. The van der Waals surface area contributed by atoms with Crippen LogP contribution >= 0.6 is 0 Å². The number of benzene rings is 1. The third-order valence-electron chi connectivity index (χ3n) is 4.00. The maximum Gasteiger partial charge on any atom is 0.254 e. The molecule has 2 rings (SSSR count). The summed E-state index contributed by atoms with van der Waals surface area (Å²) in [6, 6.07) is 9.15. The predicted octanol–water partition coefficient (Wildman–Crippen LogP) is 2.41. The molecule has 4 heteroatoms. The lowest BCUT2D eigenvalue weighted by atomic mass is 9.98. The Balaban J connectivity index is 2.08. The first kappa shape index (κ1) is 15.5. The Morgan fingerprint density at radius 1 is 1.43 bits per heavy atom. The molecule has 1 aliphatic rings. The number of amides is 1. The Hall–Kier alpha value is -1.86. The quantitative estimate of drug-likeness (QED) is 0.924. The zero-order valence-electron chi connectivity index (χ0n) is 12.8. The van der Waals surface area contributed by atoms with Crippen molar-refractivity contribution >= 4 is 5.91 Å². The minimum Gasteiger partial charge on any atom is -0.336 e. The van der Waals surface area contributed by atoms with Gasteiger partial charge in [0.1, 0.15) is 0 Å². The van der Waals surface area contributed by atoms with Crippen LogP contribution in [0.1, 0.15) is 42.6 Å². The highest BCUT2D eigenvalue weighted by Crippen LogP contribution is 2.16. The molecule has 1 heterocycles. The van der Waals surface area contributed by atoms with Gasteiger partial charge in [-0.15, -0.1) is 0 Å². The molecule has 0 bridgehead atoms. The number of nitrogens with zero attached hydrogens (tertiary/aromatic N) is 2. The Labute approximate surface area is 126 Å². The van der Waals surface area contributed by atoms with Gasteiger partial charge >= 0.3 is 0 Å². The number of rotatable bonds is 4. The minimum absolute atomic E-state index is 0.0556. The zero-order valence-corrected chi connectivity index (χ0v) is 12.8. The minimum atomic E-state index is 0.0556. The second-order valence-electron chi connectivity index (χ2n) is 5.95. The molecule has 1 aromatic rings. The fraction of sp³-hybridized carbons (Fsp3) is 0.529. The van der Waals surface area contributed by atoms with Crippen molar-refractivity contribution in [3.63, 3.8) is 0 Å². The molecule has 0 aromatic heterocycles. The van der Waals surface area contributed by atoms with Gasteiger partial charge in [0.05, 0.1) is 11.6 Å². The van der Waals surface area contributed by atoms with Gasteiger partial charge in [0, 0.05) is 18.2 Å². The third-order valence-corrected chi connectivity index (χ3v) is 4.00. The van der Waals surface area contributed by atoms with Crippen molar-refractivity contribution in [1.29, 1.82) is 5.26 Å². The third kappa shape index (κ3) is 4.05. The van der Waals surface area contributed by atoms with Crippen LogP contribution < -0.4 is 5.32 Å². The number of nitriles is 1. The van der Waals surface area contributed by atoms with Crippen LogP contribution in [0.25, 0.3) is 0 Å². The van der Waals surface area contributed by atoms with Gasteiger partial charge in [0.15, 0.2) is 0 Å². The van der Waals surface area contributed by atoms with Crippen molar-refractivity contribution in [3.8, 4) is 6.07 Å². The first-order chi connectivity index (χ1) is 10.1. The highest BCUT2D eigenvalue weighted by Gasteiger charge is 2.23. The largest absolute Gasteiger partial charge is 0.336 e. The number of carbonyl (C=O) groups excluding carboxylic acids is 1. The van der Waals surface area contributed by atoms with Crippen LogP contribution in [-0.2, 0) is 0 Å². The Kier molecular flexibility index (Phi) is 5.35. The summed E-state index contributed by atoms with van der Waals surface area (Å²) < 4.78 is 0. The second kappa shape index (κ2) is 7.24. The van der Waals surface area contributed by atoms with E-state index in [9.17, 15) is 4.79 Å². The second-order valence-corrected chi connectivity index (χ2v) is 5.95. The maximum atomic E-state index is 12.7. The monoisotopic (exact) mass is 285 g/mol. The summed E-state index contributed by atoms with van der Waals surface area (Å²) in [4.78, 5) is 14.6. The number of hydrogen-bond acceptors (Lipinski definition) is 3. The molecule has 21 heavy (non-hydrogen) atoms. The summed E-state index contributed by atoms with van der Waals surface area (Å²) in [7, 11) is 0. The van der Waals surface area contributed by atoms with Crippen LogP contribution in [0, 0.1) is 17.2 Å². The van der Waals surface area contributed by atoms with E-state index in [0.29, 0.717) is 17.0 Å². The van der Waals surface area contributed by atoms with Crippen molar-refractivity contribution < 1.29 is 4.79 Å². The highest BCUT2D eigenvalue weighted by molar-refractivity contribution is 5.94. The van der Waals surface area contributed by atoms with E-state index in [2.05, 4.69) is 25.2 Å². The molecule has 1 aromatic carbocycles. The molecule has 112 valence electrons. The summed E-state index contributed by atoms with van der Waals surface area (Å²) in [5, 5.41) is 12.2. The van der Waals surface area contributed by atoms with Gasteiger partial charge in [-0.25, -0.2) is 0 Å². The van der Waals surface area contributed by atoms with E-state index in [0.717, 1.165) is 19.6 Å². The van der Waals surface area contributed by atoms with Crippen LogP contribution in [0.5, 0.6) is 0 Å². The molecule has 4 nitrogen and oxygen atoms in total. The molecular formula is C17H23N3O. The van der Waals surface area contributed by atoms with Crippen LogP contribution in [0.4, 0.5) is 0 Å². The number of nitrogens with one attached hydrogen (secondary N) is 1. The fourth-order valence-electron chi connectivity index (χ4n) is 2.74. The number of hydrogen-bond donors (Lipinski definition) is 1. The molecule has 1 aliphatic heterocycles. The topological polar surface area (TPSA) is 56.1 Å². The van der Waals surface area contributed by atoms with E-state index in [4.69, 9.17) is 5.26 Å². The number of carbonyl (C=O) groups is 1. The van der Waals surface area contributed by atoms with Gasteiger partial charge in [-0.1, -0.05) is 0 Å². The molecule has 1 saturated heterocycles. The molecule has 0 saturated carbocycles. The standard InChI is InChI=1S/C17H23N3O/c1-13(2)20(12-15-4-3-9-19-11-15)17(21)16-7-5-14(10-18)6-8-16/h5-8,13,15,19H,3-4,9,11-12H2,1-2H3. The Morgan fingerprint density at radius 3 is 2.67 bits per heavy atom. The molecule has 1 amide bonds. The van der Waals surface area contributed by atoms with E-state index < -0.39 is 0 Å². The van der Waals surface area contributed by atoms with Crippen molar-refractivity contribution in [2.24, 2.45) is 5.92 Å². The van der Waals surface area contributed by atoms with Crippen LogP contribution in [0.15, 0.2) is 24.3 Å². The average molecular weight is 285 g/mol. The Bertz CT molecular complexity index is 510. The van der Waals surface area contributed by atoms with Gasteiger partial charge in [-0.05, 0) is 70.0 Å². The number of piperidine rings is 1. The SMILES string of the molecule is CC(C)N(CC1CCCNC1)C(=O)c1ccc(C#N)cc1. The van der Waals surface area contributed by atoms with Crippen molar-refractivity contribution in [2.75, 3.05) is 19.6 Å². The molecule has 0 aliphatic carbocycles. The van der Waals surface area contributed by atoms with Crippen LogP contribution in [0.3, 0.4) is 0 Å². The van der Waals surface area contributed by atoms with Gasteiger partial charge in [-0.2, -0.15) is 5.26 Å². The summed E-state index contributed by atoms with van der Waals surface area (Å²) in [5.74, 6) is 0.587. The van der Waals surface area contributed by atoms with Crippen molar-refractivity contribution in [1.82, 2.24) is 10.2 Å². The van der Waals surface area contributed by atoms with Crippen LogP contribution in [-0.4, -0.2) is 36.5 Å². The zero-order chi connectivity index (χ0) is 15.2. The van der Waals surface area contributed by atoms with Gasteiger partial charge < -0.3 is 10.2 Å². The molecule has 1 N–H and O–H groups in total. The smallest absolute Gasteiger partial charge is 0.254 e. The van der Waals surface area contributed by atoms with E-state index in [1.165, 1.54) is 12.8 Å². The van der Waals surface area contributed by atoms with Crippen LogP contribution in [0.2, 0.25) is 0 Å². The summed E-state index contributed by atoms with van der Waals surface area (Å²) in [5.41, 5.74) is 1.24. The molecule has 1 unspecified atom stereocenters. The van der Waals surface area contributed by atoms with E-state index in [1.807, 2.05) is 4.90 Å². The fourth-order valence-corrected chi connectivity index (χ4v) is 2.74. The Morgan fingerprint density at radius 2 is 2.14 bits per heavy atom. The van der Waals surface area contributed by atoms with E-state index in [-0.39, 0.29) is 11.9 Å². The van der Waals surface area contributed by atoms with Crippen molar-refractivity contribution in [3.05, 3.63) is 35.4 Å². The lowest BCUT2D eigenvalue weighted by Crippen LogP contribution is -2.44. The summed E-state index contributed by atoms with van der Waals surface area (Å²) in [6.07, 6.45) is 2.36. The lowest BCUT2D eigenvalue weighted by Gasteiger charge is -2.33. The normalized spacial score (nSPS) is 18.3. The maximum absolute atomic E-state index is 12.7. The highest BCUT2D eigenvalue weighted by atomic mass is 16.2. The summed E-state index contributed by atoms with van der Waals surface area (Å²) in [6.45, 7) is 6.98. The van der Waals surface area contributed by atoms with Gasteiger partial charge in [0.25, 0.3) is 5.91 Å². The molecule has 1 fully saturated rings. The predicted molar refractivity (Wildman–Crippen MR) is 82.9 cm³/mol.